The molecule has 3 rings (SSSR count). The van der Waals surface area contributed by atoms with E-state index in [2.05, 4.69) is 20.0 Å². The maximum absolute atomic E-state index is 12.2. The van der Waals surface area contributed by atoms with Gasteiger partial charge in [-0.25, -0.2) is 17.9 Å². The molecule has 1 fully saturated rings. The molecule has 1 aliphatic heterocycles. The second-order valence-corrected chi connectivity index (χ2v) is 6.70. The molecule has 0 saturated carbocycles. The lowest BCUT2D eigenvalue weighted by atomic mass is 10.2. The predicted molar refractivity (Wildman–Crippen MR) is 75.1 cm³/mol. The summed E-state index contributed by atoms with van der Waals surface area (Å²) in [5.74, 6) is 0. The molecule has 1 atom stereocenters. The van der Waals surface area contributed by atoms with Gasteiger partial charge in [0, 0.05) is 12.6 Å². The number of imidazole rings is 1. The lowest BCUT2D eigenvalue weighted by molar-refractivity contribution is 0.552. The van der Waals surface area contributed by atoms with Gasteiger partial charge in [0.05, 0.1) is 15.9 Å². The van der Waals surface area contributed by atoms with E-state index in [1.807, 2.05) is 0 Å². The van der Waals surface area contributed by atoms with Crippen LogP contribution in [0.2, 0.25) is 0 Å². The Morgan fingerprint density at radius 3 is 2.80 bits per heavy atom. The molecular formula is C12H16N4O3S. The van der Waals surface area contributed by atoms with E-state index in [1.165, 1.54) is 12.1 Å². The number of rotatable bonds is 4. The van der Waals surface area contributed by atoms with Gasteiger partial charge in [-0.15, -0.1) is 0 Å². The predicted octanol–water partition coefficient (Wildman–Crippen LogP) is -0.113. The van der Waals surface area contributed by atoms with E-state index in [-0.39, 0.29) is 16.6 Å². The van der Waals surface area contributed by atoms with Gasteiger partial charge in [0.15, 0.2) is 0 Å². The quantitative estimate of drug-likeness (QED) is 0.631. The Balaban J connectivity index is 1.82. The molecule has 0 aliphatic carbocycles. The van der Waals surface area contributed by atoms with E-state index < -0.39 is 10.0 Å². The van der Waals surface area contributed by atoms with Crippen molar-refractivity contribution in [1.29, 1.82) is 0 Å². The van der Waals surface area contributed by atoms with Crippen LogP contribution < -0.4 is 15.7 Å². The molecule has 0 bridgehead atoms. The Kier molecular flexibility index (Phi) is 3.36. The summed E-state index contributed by atoms with van der Waals surface area (Å²) in [7, 11) is -3.56. The highest BCUT2D eigenvalue weighted by Gasteiger charge is 2.19. The summed E-state index contributed by atoms with van der Waals surface area (Å²) in [5.41, 5.74) is 0.723. The maximum Gasteiger partial charge on any atom is 0.323 e. The van der Waals surface area contributed by atoms with E-state index in [4.69, 9.17) is 0 Å². The van der Waals surface area contributed by atoms with Crippen LogP contribution in [0, 0.1) is 0 Å². The summed E-state index contributed by atoms with van der Waals surface area (Å²) in [6.07, 6.45) is 2.05. The average molecular weight is 296 g/mol. The molecule has 2 heterocycles. The Morgan fingerprint density at radius 2 is 2.05 bits per heavy atom. The van der Waals surface area contributed by atoms with Crippen LogP contribution in [0.15, 0.2) is 27.9 Å². The fourth-order valence-corrected chi connectivity index (χ4v) is 3.51. The van der Waals surface area contributed by atoms with Crippen LogP contribution in [0.1, 0.15) is 12.8 Å². The van der Waals surface area contributed by atoms with Crippen molar-refractivity contribution >= 4 is 21.1 Å². The summed E-state index contributed by atoms with van der Waals surface area (Å²) in [4.78, 5) is 16.4. The van der Waals surface area contributed by atoms with Gasteiger partial charge >= 0.3 is 5.69 Å². The molecule has 4 N–H and O–H groups in total. The van der Waals surface area contributed by atoms with Gasteiger partial charge in [-0.2, -0.15) is 0 Å². The number of nitrogens with one attached hydrogen (secondary N) is 4. The van der Waals surface area contributed by atoms with Crippen molar-refractivity contribution in [2.45, 2.75) is 23.8 Å². The number of benzene rings is 1. The van der Waals surface area contributed by atoms with Crippen molar-refractivity contribution < 1.29 is 8.42 Å². The van der Waals surface area contributed by atoms with Gasteiger partial charge in [-0.3, -0.25) is 0 Å². The number of H-pyrrole nitrogens is 2. The maximum atomic E-state index is 12.2. The van der Waals surface area contributed by atoms with Crippen molar-refractivity contribution in [3.8, 4) is 0 Å². The zero-order chi connectivity index (χ0) is 14.2. The molecule has 20 heavy (non-hydrogen) atoms. The van der Waals surface area contributed by atoms with Crippen molar-refractivity contribution in [2.24, 2.45) is 0 Å². The van der Waals surface area contributed by atoms with Crippen molar-refractivity contribution in [1.82, 2.24) is 20.0 Å². The van der Waals surface area contributed by atoms with Crippen LogP contribution >= 0.6 is 0 Å². The number of hydrogen-bond donors (Lipinski definition) is 4. The Labute approximate surface area is 115 Å². The number of sulfonamides is 1. The minimum atomic E-state index is -3.56. The molecule has 108 valence electrons. The van der Waals surface area contributed by atoms with Crippen LogP contribution in [0.3, 0.4) is 0 Å². The van der Waals surface area contributed by atoms with Crippen molar-refractivity contribution in [2.75, 3.05) is 13.1 Å². The van der Waals surface area contributed by atoms with Crippen LogP contribution in [-0.2, 0) is 10.0 Å². The van der Waals surface area contributed by atoms with E-state index in [9.17, 15) is 13.2 Å². The van der Waals surface area contributed by atoms with Crippen LogP contribution in [0.25, 0.3) is 11.0 Å². The van der Waals surface area contributed by atoms with Gasteiger partial charge in [0.2, 0.25) is 10.0 Å². The van der Waals surface area contributed by atoms with E-state index in [1.54, 1.807) is 6.07 Å². The average Bonchev–Trinajstić information content (AvgIpc) is 3.03. The first-order valence-corrected chi connectivity index (χ1v) is 7.98. The standard InChI is InChI=1S/C12H16N4O3S/c17-12-15-10-4-3-9(6-11(10)16-12)20(18,19)14-7-8-2-1-5-13-8/h3-4,6,8,13-14H,1-2,5,7H2,(H2,15,16,17). The fourth-order valence-electron chi connectivity index (χ4n) is 2.40. The molecule has 1 aromatic carbocycles. The number of fused-ring (bicyclic) bond motifs is 1. The molecule has 0 spiro atoms. The second kappa shape index (κ2) is 5.04. The highest BCUT2D eigenvalue weighted by atomic mass is 32.2. The molecule has 0 radical (unpaired) electrons. The lowest BCUT2D eigenvalue weighted by Gasteiger charge is -2.12. The molecule has 8 heteroatoms. The van der Waals surface area contributed by atoms with Gasteiger partial charge in [-0.1, -0.05) is 0 Å². The molecule has 1 aromatic heterocycles. The minimum Gasteiger partial charge on any atom is -0.313 e. The number of aromatic amines is 2. The zero-order valence-electron chi connectivity index (χ0n) is 10.8. The normalized spacial score (nSPS) is 19.7. The Morgan fingerprint density at radius 1 is 1.25 bits per heavy atom. The topological polar surface area (TPSA) is 107 Å². The first-order chi connectivity index (χ1) is 9.54. The monoisotopic (exact) mass is 296 g/mol. The van der Waals surface area contributed by atoms with Crippen LogP contribution in [0.5, 0.6) is 0 Å². The SMILES string of the molecule is O=c1[nH]c2ccc(S(=O)(=O)NCC3CCCN3)cc2[nH]1. The summed E-state index contributed by atoms with van der Waals surface area (Å²) in [6, 6.07) is 4.71. The van der Waals surface area contributed by atoms with E-state index in [0.29, 0.717) is 17.6 Å². The minimum absolute atomic E-state index is 0.151. The van der Waals surface area contributed by atoms with Gasteiger partial charge in [0.1, 0.15) is 0 Å². The second-order valence-electron chi connectivity index (χ2n) is 4.93. The summed E-state index contributed by atoms with van der Waals surface area (Å²) < 4.78 is 27.0. The fraction of sp³-hybridized carbons (Fsp3) is 0.417. The van der Waals surface area contributed by atoms with E-state index >= 15 is 0 Å². The molecule has 1 aliphatic rings. The third-order valence-electron chi connectivity index (χ3n) is 3.48. The first-order valence-electron chi connectivity index (χ1n) is 6.50. The van der Waals surface area contributed by atoms with Gasteiger partial charge in [-0.05, 0) is 37.6 Å². The largest absolute Gasteiger partial charge is 0.323 e. The summed E-state index contributed by atoms with van der Waals surface area (Å²) >= 11 is 0. The van der Waals surface area contributed by atoms with Crippen molar-refractivity contribution in [3.63, 3.8) is 0 Å². The smallest absolute Gasteiger partial charge is 0.313 e. The molecule has 0 amide bonds. The summed E-state index contributed by atoms with van der Waals surface area (Å²) in [6.45, 7) is 1.31. The molecule has 1 saturated heterocycles. The number of hydrogen-bond acceptors (Lipinski definition) is 4. The highest BCUT2D eigenvalue weighted by molar-refractivity contribution is 7.89. The molecule has 7 nitrogen and oxygen atoms in total. The van der Waals surface area contributed by atoms with Crippen LogP contribution in [-0.4, -0.2) is 37.5 Å². The molecule has 2 aromatic rings. The highest BCUT2D eigenvalue weighted by Crippen LogP contribution is 2.15. The summed E-state index contributed by atoms with van der Waals surface area (Å²) in [5, 5.41) is 3.23. The third-order valence-corrected chi connectivity index (χ3v) is 4.90. The zero-order valence-corrected chi connectivity index (χ0v) is 11.6. The van der Waals surface area contributed by atoms with Crippen LogP contribution in [0.4, 0.5) is 0 Å². The lowest BCUT2D eigenvalue weighted by Crippen LogP contribution is -2.37. The number of aromatic nitrogens is 2. The third kappa shape index (κ3) is 2.62. The Bertz CT molecular complexity index is 771. The van der Waals surface area contributed by atoms with Gasteiger partial charge < -0.3 is 15.3 Å². The van der Waals surface area contributed by atoms with Crippen molar-refractivity contribution in [3.05, 3.63) is 28.7 Å². The first kappa shape index (κ1) is 13.3. The van der Waals surface area contributed by atoms with E-state index in [0.717, 1.165) is 19.4 Å². The Hall–Kier alpha value is -1.64. The molecule has 1 unspecified atom stereocenters. The molecular weight excluding hydrogens is 280 g/mol. The van der Waals surface area contributed by atoms with Gasteiger partial charge in [0.25, 0.3) is 0 Å².